The number of benzene rings is 2. The summed E-state index contributed by atoms with van der Waals surface area (Å²) < 4.78 is 2.44. The van der Waals surface area contributed by atoms with Gasteiger partial charge >= 0.3 is 0 Å². The van der Waals surface area contributed by atoms with Gasteiger partial charge in [-0.25, -0.2) is 0 Å². The lowest BCUT2D eigenvalue weighted by Gasteiger charge is -1.94. The highest BCUT2D eigenvalue weighted by Gasteiger charge is 2.04. The van der Waals surface area contributed by atoms with E-state index in [0.29, 0.717) is 0 Å². The molecule has 3 aromatic rings. The molecule has 4 N–H and O–H groups in total. The van der Waals surface area contributed by atoms with Gasteiger partial charge in [0.1, 0.15) is 0 Å². The maximum Gasteiger partial charge on any atom is 0.0375 e. The lowest BCUT2D eigenvalue weighted by molar-refractivity contribution is 1.50. The van der Waals surface area contributed by atoms with E-state index >= 15 is 0 Å². The fraction of sp³-hybridized carbons (Fsp3) is 0.143. The molecule has 88 valence electrons. The summed E-state index contributed by atoms with van der Waals surface area (Å²) in [6.45, 7) is 4.00. The Balaban J connectivity index is 0.000000514. The zero-order chi connectivity index (χ0) is 12.4. The number of fused-ring (bicyclic) bond motifs is 3. The van der Waals surface area contributed by atoms with Crippen LogP contribution < -0.4 is 11.5 Å². The van der Waals surface area contributed by atoms with E-state index in [1.54, 1.807) is 11.3 Å². The molecule has 2 aromatic carbocycles. The van der Waals surface area contributed by atoms with Crippen LogP contribution in [0.4, 0.5) is 11.4 Å². The summed E-state index contributed by atoms with van der Waals surface area (Å²) >= 11 is 1.73. The molecule has 1 heterocycles. The molecule has 0 amide bonds. The third kappa shape index (κ3) is 2.06. The van der Waals surface area contributed by atoms with Crippen LogP contribution in [0.3, 0.4) is 0 Å². The average Bonchev–Trinajstić information content (AvgIpc) is 2.67. The van der Waals surface area contributed by atoms with Crippen LogP contribution in [0.15, 0.2) is 36.4 Å². The molecule has 0 atom stereocenters. The van der Waals surface area contributed by atoms with Crippen LogP contribution in [-0.2, 0) is 0 Å². The smallest absolute Gasteiger partial charge is 0.0375 e. The van der Waals surface area contributed by atoms with E-state index in [-0.39, 0.29) is 0 Å². The van der Waals surface area contributed by atoms with Crippen LogP contribution in [0.5, 0.6) is 0 Å². The number of nitrogen functional groups attached to an aromatic ring is 2. The second-order valence-corrected chi connectivity index (χ2v) is 4.70. The molecule has 0 aliphatic heterocycles. The van der Waals surface area contributed by atoms with Gasteiger partial charge < -0.3 is 11.5 Å². The largest absolute Gasteiger partial charge is 0.399 e. The number of thiophene rings is 1. The van der Waals surface area contributed by atoms with Crippen LogP contribution in [-0.4, -0.2) is 0 Å². The fourth-order valence-corrected chi connectivity index (χ4v) is 3.01. The minimum absolute atomic E-state index is 0.807. The lowest BCUT2D eigenvalue weighted by Crippen LogP contribution is -1.82. The molecule has 3 rings (SSSR count). The summed E-state index contributed by atoms with van der Waals surface area (Å²) in [5, 5.41) is 2.51. The van der Waals surface area contributed by atoms with Crippen LogP contribution in [0.25, 0.3) is 20.2 Å². The average molecular weight is 244 g/mol. The van der Waals surface area contributed by atoms with Gasteiger partial charge in [0.15, 0.2) is 0 Å². The van der Waals surface area contributed by atoms with Gasteiger partial charge in [-0.1, -0.05) is 26.0 Å². The van der Waals surface area contributed by atoms with Crippen LogP contribution >= 0.6 is 11.3 Å². The molecule has 17 heavy (non-hydrogen) atoms. The SMILES string of the molecule is CC.Nc1ccc2c(c1)sc1cc(N)ccc12. The Morgan fingerprint density at radius 1 is 0.765 bits per heavy atom. The molecule has 2 nitrogen and oxygen atoms in total. The topological polar surface area (TPSA) is 52.0 Å². The van der Waals surface area contributed by atoms with E-state index in [1.807, 2.05) is 38.1 Å². The molecule has 0 fully saturated rings. The molecule has 0 aliphatic carbocycles. The van der Waals surface area contributed by atoms with Gasteiger partial charge in [0.2, 0.25) is 0 Å². The van der Waals surface area contributed by atoms with E-state index in [2.05, 4.69) is 12.1 Å². The van der Waals surface area contributed by atoms with Gasteiger partial charge in [-0.3, -0.25) is 0 Å². The minimum atomic E-state index is 0.807. The molecule has 0 radical (unpaired) electrons. The first kappa shape index (κ1) is 11.7. The highest BCUT2D eigenvalue weighted by atomic mass is 32.1. The molecule has 3 heteroatoms. The monoisotopic (exact) mass is 244 g/mol. The molecule has 0 saturated carbocycles. The first-order valence-electron chi connectivity index (χ1n) is 5.71. The van der Waals surface area contributed by atoms with E-state index in [9.17, 15) is 0 Å². The maximum absolute atomic E-state index is 5.76. The molecular formula is C14H16N2S. The Morgan fingerprint density at radius 3 is 1.59 bits per heavy atom. The zero-order valence-electron chi connectivity index (χ0n) is 10.0. The first-order valence-corrected chi connectivity index (χ1v) is 6.53. The Hall–Kier alpha value is -1.74. The summed E-state index contributed by atoms with van der Waals surface area (Å²) in [7, 11) is 0. The standard InChI is InChI=1S/C12H10N2S.C2H6/c13-7-1-3-9-10-4-2-8(14)6-12(10)15-11(9)5-7;1-2/h1-6H,13-14H2;1-2H3. The molecule has 0 spiro atoms. The number of anilines is 2. The molecule has 0 unspecified atom stereocenters. The quantitative estimate of drug-likeness (QED) is 0.581. The van der Waals surface area contributed by atoms with Crippen molar-refractivity contribution in [2.24, 2.45) is 0 Å². The number of hydrogen-bond acceptors (Lipinski definition) is 3. The summed E-state index contributed by atoms with van der Waals surface area (Å²) in [6.07, 6.45) is 0. The lowest BCUT2D eigenvalue weighted by atomic mass is 10.1. The predicted molar refractivity (Wildman–Crippen MR) is 79.5 cm³/mol. The van der Waals surface area contributed by atoms with E-state index in [1.165, 1.54) is 20.2 Å². The Morgan fingerprint density at radius 2 is 1.18 bits per heavy atom. The van der Waals surface area contributed by atoms with E-state index in [4.69, 9.17) is 11.5 Å². The molecule has 0 bridgehead atoms. The van der Waals surface area contributed by atoms with Crippen LogP contribution in [0.2, 0.25) is 0 Å². The van der Waals surface area contributed by atoms with Gasteiger partial charge in [-0.2, -0.15) is 0 Å². The zero-order valence-corrected chi connectivity index (χ0v) is 10.8. The third-order valence-electron chi connectivity index (χ3n) is 2.52. The summed E-state index contributed by atoms with van der Waals surface area (Å²) in [6, 6.07) is 12.0. The summed E-state index contributed by atoms with van der Waals surface area (Å²) in [5.41, 5.74) is 13.1. The van der Waals surface area contributed by atoms with Crippen molar-refractivity contribution in [3.8, 4) is 0 Å². The van der Waals surface area contributed by atoms with Gasteiger partial charge in [0.25, 0.3) is 0 Å². The maximum atomic E-state index is 5.76. The Kier molecular flexibility index (Phi) is 3.20. The van der Waals surface area contributed by atoms with Gasteiger partial charge in [-0.05, 0) is 24.3 Å². The van der Waals surface area contributed by atoms with E-state index in [0.717, 1.165) is 11.4 Å². The summed E-state index contributed by atoms with van der Waals surface area (Å²) in [5.74, 6) is 0. The first-order chi connectivity index (χ1) is 8.24. The van der Waals surface area contributed by atoms with Crippen molar-refractivity contribution in [2.75, 3.05) is 11.5 Å². The molecular weight excluding hydrogens is 228 g/mol. The van der Waals surface area contributed by atoms with Crippen LogP contribution in [0.1, 0.15) is 13.8 Å². The van der Waals surface area contributed by atoms with Crippen molar-refractivity contribution in [2.45, 2.75) is 13.8 Å². The van der Waals surface area contributed by atoms with Crippen molar-refractivity contribution >= 4 is 42.9 Å². The van der Waals surface area contributed by atoms with Crippen molar-refractivity contribution in [3.63, 3.8) is 0 Å². The predicted octanol–water partition coefficient (Wildman–Crippen LogP) is 4.25. The van der Waals surface area contributed by atoms with Crippen molar-refractivity contribution in [1.82, 2.24) is 0 Å². The van der Waals surface area contributed by atoms with E-state index < -0.39 is 0 Å². The Bertz CT molecular complexity index is 599. The molecule has 0 saturated heterocycles. The van der Waals surface area contributed by atoms with Crippen molar-refractivity contribution in [1.29, 1.82) is 0 Å². The summed E-state index contributed by atoms with van der Waals surface area (Å²) in [4.78, 5) is 0. The van der Waals surface area contributed by atoms with Gasteiger partial charge in [0.05, 0.1) is 0 Å². The van der Waals surface area contributed by atoms with Crippen molar-refractivity contribution in [3.05, 3.63) is 36.4 Å². The molecule has 0 aliphatic rings. The highest BCUT2D eigenvalue weighted by molar-refractivity contribution is 7.25. The number of nitrogens with two attached hydrogens (primary N) is 2. The van der Waals surface area contributed by atoms with Gasteiger partial charge in [-0.15, -0.1) is 11.3 Å². The highest BCUT2D eigenvalue weighted by Crippen LogP contribution is 2.35. The normalized spacial score (nSPS) is 10.2. The Labute approximate surface area is 105 Å². The van der Waals surface area contributed by atoms with Crippen LogP contribution in [0, 0.1) is 0 Å². The van der Waals surface area contributed by atoms with Gasteiger partial charge in [0, 0.05) is 31.5 Å². The minimum Gasteiger partial charge on any atom is -0.399 e. The third-order valence-corrected chi connectivity index (χ3v) is 3.64. The second-order valence-electron chi connectivity index (χ2n) is 3.61. The second kappa shape index (κ2) is 4.63. The fourth-order valence-electron chi connectivity index (χ4n) is 1.81. The molecule has 1 aromatic heterocycles. The number of rotatable bonds is 0. The number of hydrogen-bond donors (Lipinski definition) is 2. The van der Waals surface area contributed by atoms with Crippen molar-refractivity contribution < 1.29 is 0 Å².